The minimum Gasteiger partial charge on any atom is -0.497 e. The van der Waals surface area contributed by atoms with E-state index in [1.807, 2.05) is 23.1 Å². The molecule has 4 rings (SSSR count). The third kappa shape index (κ3) is 4.39. The van der Waals surface area contributed by atoms with Gasteiger partial charge >= 0.3 is 0 Å². The number of carbonyl (C=O) groups excluding carboxylic acids is 1. The fraction of sp³-hybridized carbons (Fsp3) is 0.455. The molecule has 3 heterocycles. The molecule has 166 valence electrons. The van der Waals surface area contributed by atoms with Crippen molar-refractivity contribution in [2.45, 2.75) is 13.5 Å². The summed E-state index contributed by atoms with van der Waals surface area (Å²) in [5.41, 5.74) is 2.93. The van der Waals surface area contributed by atoms with E-state index in [1.54, 1.807) is 32.7 Å². The van der Waals surface area contributed by atoms with Gasteiger partial charge in [0.2, 0.25) is 5.91 Å². The summed E-state index contributed by atoms with van der Waals surface area (Å²) in [7, 11) is 4.88. The number of amides is 1. The Morgan fingerprint density at radius 1 is 1.13 bits per heavy atom. The Balaban J connectivity index is 1.65. The number of thiazole rings is 1. The quantitative estimate of drug-likeness (QED) is 0.558. The number of benzene rings is 1. The maximum Gasteiger partial charge on any atom is 0.248 e. The van der Waals surface area contributed by atoms with Crippen LogP contribution in [0.5, 0.6) is 11.5 Å². The fourth-order valence-electron chi connectivity index (χ4n) is 3.95. The number of hydrogen-bond donors (Lipinski definition) is 0. The Bertz CT molecular complexity index is 1070. The first-order chi connectivity index (χ1) is 15.0. The highest BCUT2D eigenvalue weighted by Gasteiger charge is 2.25. The van der Waals surface area contributed by atoms with Crippen LogP contribution in [0.4, 0.5) is 0 Å². The van der Waals surface area contributed by atoms with Crippen molar-refractivity contribution in [3.05, 3.63) is 35.0 Å². The van der Waals surface area contributed by atoms with Crippen molar-refractivity contribution >= 4 is 22.2 Å². The van der Waals surface area contributed by atoms with E-state index in [0.29, 0.717) is 13.1 Å². The molecule has 1 aliphatic rings. The van der Waals surface area contributed by atoms with Gasteiger partial charge in [-0.2, -0.15) is 0 Å². The Hall–Kier alpha value is -2.62. The van der Waals surface area contributed by atoms with Crippen LogP contribution in [0.15, 0.2) is 24.4 Å². The van der Waals surface area contributed by atoms with Gasteiger partial charge in [-0.3, -0.25) is 14.1 Å². The molecule has 2 aromatic heterocycles. The number of rotatable bonds is 7. The van der Waals surface area contributed by atoms with Gasteiger partial charge < -0.3 is 19.1 Å². The minimum absolute atomic E-state index is 0.0455. The molecular formula is C22H28N4O4S. The number of aromatic nitrogens is 2. The van der Waals surface area contributed by atoms with Gasteiger partial charge in [-0.25, -0.2) is 4.98 Å². The van der Waals surface area contributed by atoms with Crippen molar-refractivity contribution in [1.82, 2.24) is 19.2 Å². The fourth-order valence-corrected chi connectivity index (χ4v) is 4.79. The zero-order chi connectivity index (χ0) is 22.0. The summed E-state index contributed by atoms with van der Waals surface area (Å²) in [4.78, 5) is 23.5. The van der Waals surface area contributed by atoms with Gasteiger partial charge in [0.05, 0.1) is 25.6 Å². The predicted octanol–water partition coefficient (Wildman–Crippen LogP) is 2.68. The number of imidazole rings is 1. The van der Waals surface area contributed by atoms with Crippen molar-refractivity contribution in [1.29, 1.82) is 0 Å². The monoisotopic (exact) mass is 444 g/mol. The second-order valence-corrected chi connectivity index (χ2v) is 8.77. The summed E-state index contributed by atoms with van der Waals surface area (Å²) < 4.78 is 18.2. The molecule has 0 radical (unpaired) electrons. The third-order valence-corrected chi connectivity index (χ3v) is 6.47. The molecule has 1 saturated heterocycles. The van der Waals surface area contributed by atoms with Crippen LogP contribution in [0.1, 0.15) is 10.6 Å². The normalized spacial score (nSPS) is 14.9. The standard InChI is InChI=1S/C22H28N4O4S/c1-15-12-26-18(13-24-7-9-25(10-8-24)20(27)14-28-2)21(23-22(26)31-15)17-11-16(29-3)5-6-19(17)30-4/h5-6,11-12H,7-10,13-14H2,1-4H3. The number of ether oxygens (including phenoxy) is 3. The van der Waals surface area contributed by atoms with Crippen LogP contribution in [-0.2, 0) is 16.1 Å². The van der Waals surface area contributed by atoms with Crippen LogP contribution < -0.4 is 9.47 Å². The van der Waals surface area contributed by atoms with E-state index in [2.05, 4.69) is 22.4 Å². The minimum atomic E-state index is 0.0455. The van der Waals surface area contributed by atoms with Crippen molar-refractivity contribution < 1.29 is 19.0 Å². The Labute approximate surface area is 185 Å². The van der Waals surface area contributed by atoms with Crippen molar-refractivity contribution in [2.75, 3.05) is 54.1 Å². The molecule has 1 aromatic carbocycles. The number of fused-ring (bicyclic) bond motifs is 1. The van der Waals surface area contributed by atoms with Crippen molar-refractivity contribution in [3.8, 4) is 22.8 Å². The highest BCUT2D eigenvalue weighted by Crippen LogP contribution is 2.37. The predicted molar refractivity (Wildman–Crippen MR) is 120 cm³/mol. The van der Waals surface area contributed by atoms with Crippen LogP contribution in [0.2, 0.25) is 0 Å². The van der Waals surface area contributed by atoms with Crippen LogP contribution in [0.25, 0.3) is 16.2 Å². The second kappa shape index (κ2) is 9.25. The van der Waals surface area contributed by atoms with Gasteiger partial charge in [-0.1, -0.05) is 0 Å². The van der Waals surface area contributed by atoms with Crippen LogP contribution in [0, 0.1) is 6.92 Å². The molecule has 0 N–H and O–H groups in total. The highest BCUT2D eigenvalue weighted by molar-refractivity contribution is 7.17. The number of aryl methyl sites for hydroxylation is 1. The molecule has 3 aromatic rings. The van der Waals surface area contributed by atoms with E-state index in [4.69, 9.17) is 19.2 Å². The molecule has 0 saturated carbocycles. The van der Waals surface area contributed by atoms with Crippen LogP contribution >= 0.6 is 11.3 Å². The lowest BCUT2D eigenvalue weighted by Gasteiger charge is -2.34. The van der Waals surface area contributed by atoms with Gasteiger partial charge in [0.25, 0.3) is 0 Å². The van der Waals surface area contributed by atoms with Crippen molar-refractivity contribution in [3.63, 3.8) is 0 Å². The van der Waals surface area contributed by atoms with E-state index in [-0.39, 0.29) is 12.5 Å². The lowest BCUT2D eigenvalue weighted by molar-refractivity contribution is -0.136. The number of nitrogens with zero attached hydrogens (tertiary/aromatic N) is 4. The van der Waals surface area contributed by atoms with E-state index in [1.165, 1.54) is 4.88 Å². The Kier molecular flexibility index (Phi) is 6.45. The molecular weight excluding hydrogens is 416 g/mol. The summed E-state index contributed by atoms with van der Waals surface area (Å²) in [5, 5.41) is 0. The van der Waals surface area contributed by atoms with Crippen molar-refractivity contribution in [2.24, 2.45) is 0 Å². The molecule has 0 unspecified atom stereocenters. The van der Waals surface area contributed by atoms with E-state index >= 15 is 0 Å². The first kappa shape index (κ1) is 21.6. The SMILES string of the molecule is COCC(=O)N1CCN(Cc2c(-c3cc(OC)ccc3OC)nc3sc(C)cn23)CC1. The lowest BCUT2D eigenvalue weighted by atomic mass is 10.1. The maximum absolute atomic E-state index is 12.1. The molecule has 31 heavy (non-hydrogen) atoms. The van der Waals surface area contributed by atoms with Gasteiger partial charge in [0.1, 0.15) is 18.1 Å². The molecule has 1 aliphatic heterocycles. The molecule has 9 heteroatoms. The number of methoxy groups -OCH3 is 3. The smallest absolute Gasteiger partial charge is 0.248 e. The van der Waals surface area contributed by atoms with Gasteiger partial charge in [0.15, 0.2) is 4.96 Å². The average molecular weight is 445 g/mol. The molecule has 0 atom stereocenters. The summed E-state index contributed by atoms with van der Waals surface area (Å²) in [6.07, 6.45) is 2.14. The number of piperazine rings is 1. The summed E-state index contributed by atoms with van der Waals surface area (Å²) in [6, 6.07) is 5.78. The maximum atomic E-state index is 12.1. The Morgan fingerprint density at radius 2 is 1.90 bits per heavy atom. The van der Waals surface area contributed by atoms with Crippen LogP contribution in [-0.4, -0.2) is 79.2 Å². The second-order valence-electron chi connectivity index (χ2n) is 7.56. The molecule has 8 nitrogen and oxygen atoms in total. The zero-order valence-electron chi connectivity index (χ0n) is 18.4. The first-order valence-corrected chi connectivity index (χ1v) is 11.0. The average Bonchev–Trinajstić information content (AvgIpc) is 3.30. The Morgan fingerprint density at radius 3 is 2.58 bits per heavy atom. The van der Waals surface area contributed by atoms with Gasteiger partial charge in [-0.05, 0) is 25.1 Å². The van der Waals surface area contributed by atoms with Crippen LogP contribution in [0.3, 0.4) is 0 Å². The number of carbonyl (C=O) groups is 1. The molecule has 1 fully saturated rings. The van der Waals surface area contributed by atoms with Gasteiger partial charge in [0, 0.05) is 56.5 Å². The summed E-state index contributed by atoms with van der Waals surface area (Å²) >= 11 is 1.67. The summed E-state index contributed by atoms with van der Waals surface area (Å²) in [6.45, 7) is 5.97. The molecule has 0 aliphatic carbocycles. The van der Waals surface area contributed by atoms with E-state index in [0.717, 1.165) is 53.0 Å². The number of hydrogen-bond acceptors (Lipinski definition) is 7. The largest absolute Gasteiger partial charge is 0.497 e. The molecule has 0 spiro atoms. The molecule has 1 amide bonds. The zero-order valence-corrected chi connectivity index (χ0v) is 19.2. The van der Waals surface area contributed by atoms with Gasteiger partial charge in [-0.15, -0.1) is 11.3 Å². The highest BCUT2D eigenvalue weighted by atomic mass is 32.1. The summed E-state index contributed by atoms with van der Waals surface area (Å²) in [5.74, 6) is 1.57. The molecule has 0 bridgehead atoms. The lowest BCUT2D eigenvalue weighted by Crippen LogP contribution is -2.49. The van der Waals surface area contributed by atoms with E-state index < -0.39 is 0 Å². The first-order valence-electron chi connectivity index (χ1n) is 10.2. The third-order valence-electron chi connectivity index (χ3n) is 5.57. The van der Waals surface area contributed by atoms with E-state index in [9.17, 15) is 4.79 Å². The topological polar surface area (TPSA) is 68.5 Å².